The van der Waals surface area contributed by atoms with Crippen LogP contribution in [0.2, 0.25) is 0 Å². The van der Waals surface area contributed by atoms with Crippen molar-refractivity contribution in [2.45, 2.75) is 13.1 Å². The highest BCUT2D eigenvalue weighted by Crippen LogP contribution is 2.45. The normalized spacial score (nSPS) is 11.0. The largest absolute Gasteiger partial charge is 0.497 e. The highest BCUT2D eigenvalue weighted by atomic mass is 16.5. The lowest BCUT2D eigenvalue weighted by molar-refractivity contribution is -0.778. The zero-order chi connectivity index (χ0) is 44.7. The Bertz CT molecular complexity index is 2850. The summed E-state index contributed by atoms with van der Waals surface area (Å²) in [5.74, 6) is 1.69. The fraction of sp³-hybridized carbons (Fsp3) is 0.0645. The maximum atomic E-state index is 5.49. The van der Waals surface area contributed by atoms with Crippen molar-refractivity contribution < 1.29 is 18.6 Å². The van der Waals surface area contributed by atoms with E-state index >= 15 is 0 Å². The molecule has 2 heterocycles. The van der Waals surface area contributed by atoms with Gasteiger partial charge in [0, 0.05) is 24.3 Å². The Hall–Kier alpha value is -8.34. The Morgan fingerprint density at radius 3 is 0.803 bits per heavy atom. The number of hydrogen-bond donors (Lipinski definition) is 0. The molecule has 10 aromatic rings. The van der Waals surface area contributed by atoms with Crippen LogP contribution < -0.4 is 18.6 Å². The van der Waals surface area contributed by atoms with Gasteiger partial charge in [-0.3, -0.25) is 0 Å². The van der Waals surface area contributed by atoms with Crippen LogP contribution in [0.15, 0.2) is 243 Å². The molecule has 0 saturated heterocycles. The predicted octanol–water partition coefficient (Wildman–Crippen LogP) is 14.3. The molecule has 0 bridgehead atoms. The smallest absolute Gasteiger partial charge is 0.206 e. The van der Waals surface area contributed by atoms with Crippen molar-refractivity contribution in [2.24, 2.45) is 0 Å². The maximum absolute atomic E-state index is 5.49. The SMILES string of the molecule is COc1ccc(-c2cc(-c3ccccc3)c(-c3cc[n+](CC[n+]4ccc(-c5c(-c6ccccc6)cc(-c6ccc(OC)cc6)cc5-c5ccccc5)cc4)cc3)c(-c3ccccc3)c2)cc1. The summed E-state index contributed by atoms with van der Waals surface area (Å²) < 4.78 is 15.5. The van der Waals surface area contributed by atoms with Gasteiger partial charge in [-0.25, -0.2) is 0 Å². The Morgan fingerprint density at radius 2 is 0.545 bits per heavy atom. The topological polar surface area (TPSA) is 26.2 Å². The van der Waals surface area contributed by atoms with Gasteiger partial charge in [0.2, 0.25) is 13.1 Å². The van der Waals surface area contributed by atoms with Gasteiger partial charge in [0.05, 0.1) is 14.2 Å². The van der Waals surface area contributed by atoms with Gasteiger partial charge >= 0.3 is 0 Å². The van der Waals surface area contributed by atoms with E-state index in [2.05, 4.69) is 228 Å². The number of aromatic nitrogens is 2. The van der Waals surface area contributed by atoms with Gasteiger partial charge in [-0.2, -0.15) is 9.13 Å². The molecule has 0 N–H and O–H groups in total. The molecule has 0 spiro atoms. The number of nitrogens with zero attached hydrogens (tertiary/aromatic N) is 2. The van der Waals surface area contributed by atoms with Crippen LogP contribution in [0, 0.1) is 0 Å². The molecular formula is C62H50N2O2+2. The van der Waals surface area contributed by atoms with Gasteiger partial charge in [0.25, 0.3) is 0 Å². The number of rotatable bonds is 13. The third-order valence-corrected chi connectivity index (χ3v) is 12.4. The minimum absolute atomic E-state index is 0.818. The quantitative estimate of drug-likeness (QED) is 0.108. The van der Waals surface area contributed by atoms with Crippen molar-refractivity contribution in [3.63, 3.8) is 0 Å². The zero-order valence-electron chi connectivity index (χ0n) is 37.2. The summed E-state index contributed by atoms with van der Waals surface area (Å²) in [6.45, 7) is 1.64. The minimum Gasteiger partial charge on any atom is -0.497 e. The van der Waals surface area contributed by atoms with Gasteiger partial charge in [0.15, 0.2) is 24.8 Å². The van der Waals surface area contributed by atoms with Crippen molar-refractivity contribution in [1.29, 1.82) is 0 Å². The molecule has 318 valence electrons. The fourth-order valence-corrected chi connectivity index (χ4v) is 8.97. The second-order valence-electron chi connectivity index (χ2n) is 16.5. The lowest BCUT2D eigenvalue weighted by atomic mass is 9.85. The van der Waals surface area contributed by atoms with Crippen LogP contribution in [0.5, 0.6) is 11.5 Å². The first-order chi connectivity index (χ1) is 32.6. The summed E-state index contributed by atoms with van der Waals surface area (Å²) in [5, 5.41) is 0. The van der Waals surface area contributed by atoms with Crippen molar-refractivity contribution in [2.75, 3.05) is 14.2 Å². The molecule has 0 radical (unpaired) electrons. The van der Waals surface area contributed by atoms with E-state index in [1.54, 1.807) is 14.2 Å². The third kappa shape index (κ3) is 8.90. The van der Waals surface area contributed by atoms with Crippen molar-refractivity contribution in [3.8, 4) is 101 Å². The first kappa shape index (κ1) is 41.7. The molecule has 0 aliphatic rings. The predicted molar refractivity (Wildman–Crippen MR) is 270 cm³/mol. The van der Waals surface area contributed by atoms with E-state index in [-0.39, 0.29) is 0 Å². The third-order valence-electron chi connectivity index (χ3n) is 12.4. The highest BCUT2D eigenvalue weighted by Gasteiger charge is 2.21. The molecule has 66 heavy (non-hydrogen) atoms. The van der Waals surface area contributed by atoms with Gasteiger partial charge in [-0.15, -0.1) is 0 Å². The van der Waals surface area contributed by atoms with Crippen molar-refractivity contribution >= 4 is 0 Å². The van der Waals surface area contributed by atoms with Crippen LogP contribution in [-0.4, -0.2) is 14.2 Å². The number of ether oxygens (including phenoxy) is 2. The van der Waals surface area contributed by atoms with Gasteiger partial charge in [-0.1, -0.05) is 146 Å². The van der Waals surface area contributed by atoms with E-state index in [0.717, 1.165) is 46.8 Å². The molecule has 0 saturated carbocycles. The number of aryl methyl sites for hydroxylation is 2. The lowest BCUT2D eigenvalue weighted by Crippen LogP contribution is -2.43. The van der Waals surface area contributed by atoms with E-state index in [9.17, 15) is 0 Å². The Kier molecular flexibility index (Phi) is 12.1. The average molecular weight is 855 g/mol. The summed E-state index contributed by atoms with van der Waals surface area (Å²) in [4.78, 5) is 0. The fourth-order valence-electron chi connectivity index (χ4n) is 8.97. The Balaban J connectivity index is 0.973. The number of benzene rings is 8. The molecule has 4 nitrogen and oxygen atoms in total. The van der Waals surface area contributed by atoms with Gasteiger partial charge < -0.3 is 9.47 Å². The number of pyridine rings is 2. The van der Waals surface area contributed by atoms with Gasteiger partial charge in [-0.05, 0) is 138 Å². The first-order valence-electron chi connectivity index (χ1n) is 22.5. The van der Waals surface area contributed by atoms with Crippen LogP contribution in [-0.2, 0) is 13.1 Å². The summed E-state index contributed by atoms with van der Waals surface area (Å²) in [5.41, 5.74) is 18.8. The first-order valence-corrected chi connectivity index (χ1v) is 22.5. The summed E-state index contributed by atoms with van der Waals surface area (Å²) in [6, 6.07) is 78.0. The van der Waals surface area contributed by atoms with Crippen LogP contribution in [0.4, 0.5) is 0 Å². The van der Waals surface area contributed by atoms with Gasteiger partial charge in [0.1, 0.15) is 11.5 Å². The van der Waals surface area contributed by atoms with E-state index < -0.39 is 0 Å². The molecule has 0 unspecified atom stereocenters. The lowest BCUT2D eigenvalue weighted by Gasteiger charge is -2.19. The molecular weight excluding hydrogens is 805 g/mol. The molecule has 10 rings (SSSR count). The maximum Gasteiger partial charge on any atom is 0.206 e. The summed E-state index contributed by atoms with van der Waals surface area (Å²) >= 11 is 0. The standard InChI is InChI=1S/C62H50N2O2/c1-65-55-27-23-45(24-28-55)53-41-57(47-15-7-3-8-16-47)61(58(42-53)48-17-9-4-10-18-48)51-31-35-63(36-32-51)39-40-64-37-33-52(34-38-64)62-59(49-19-11-5-12-20-49)43-54(46-25-29-56(66-2)30-26-46)44-60(62)50-21-13-6-14-22-50/h3-38,41-44H,39-40H2,1-2H3/q+2. The second kappa shape index (κ2) is 19.2. The molecule has 0 aliphatic heterocycles. The van der Waals surface area contributed by atoms with Crippen LogP contribution >= 0.6 is 0 Å². The van der Waals surface area contributed by atoms with E-state index in [4.69, 9.17) is 9.47 Å². The average Bonchev–Trinajstić information content (AvgIpc) is 3.41. The Morgan fingerprint density at radius 1 is 0.273 bits per heavy atom. The molecule has 0 atom stereocenters. The second-order valence-corrected chi connectivity index (χ2v) is 16.5. The number of hydrogen-bond acceptors (Lipinski definition) is 2. The molecule has 0 amide bonds. The monoisotopic (exact) mass is 854 g/mol. The van der Waals surface area contributed by atoms with Crippen molar-refractivity contribution in [3.05, 3.63) is 243 Å². The minimum atomic E-state index is 0.818. The van der Waals surface area contributed by atoms with Crippen molar-refractivity contribution in [1.82, 2.24) is 0 Å². The summed E-state index contributed by atoms with van der Waals surface area (Å²) in [7, 11) is 3.41. The van der Waals surface area contributed by atoms with E-state index in [1.165, 1.54) is 66.8 Å². The molecule has 0 aliphatic carbocycles. The molecule has 2 aromatic heterocycles. The van der Waals surface area contributed by atoms with Crippen LogP contribution in [0.1, 0.15) is 0 Å². The van der Waals surface area contributed by atoms with E-state index in [0.29, 0.717) is 0 Å². The zero-order valence-corrected chi connectivity index (χ0v) is 37.2. The van der Waals surface area contributed by atoms with E-state index in [1.807, 2.05) is 24.3 Å². The highest BCUT2D eigenvalue weighted by molar-refractivity contribution is 5.99. The molecule has 4 heteroatoms. The summed E-state index contributed by atoms with van der Waals surface area (Å²) in [6.07, 6.45) is 8.86. The Labute approximate surface area is 387 Å². The molecule has 0 fully saturated rings. The van der Waals surface area contributed by atoms with Crippen LogP contribution in [0.3, 0.4) is 0 Å². The van der Waals surface area contributed by atoms with Crippen LogP contribution in [0.25, 0.3) is 89.0 Å². The number of methoxy groups -OCH3 is 2. The molecule has 8 aromatic carbocycles.